The smallest absolute Gasteiger partial charge is 0.270 e. The van der Waals surface area contributed by atoms with Crippen LogP contribution in [0.25, 0.3) is 10.2 Å². The number of ether oxygens (including phenoxy) is 1. The number of quaternary nitrogens is 1. The summed E-state index contributed by atoms with van der Waals surface area (Å²) < 4.78 is 8.66. The average Bonchev–Trinajstić information content (AvgIpc) is 3.32. The molecule has 6 heteroatoms. The van der Waals surface area contributed by atoms with Gasteiger partial charge in [-0.25, -0.2) is 0 Å². The molecule has 0 saturated carbocycles. The average molecular weight is 413 g/mol. The first-order valence-electron chi connectivity index (χ1n) is 10.4. The highest BCUT2D eigenvalue weighted by atomic mass is 32.1. The zero-order valence-electron chi connectivity index (χ0n) is 17.3. The SMILES string of the molecule is Cc1ccc(CN(CCC[NH+]2CCOCC2)C(=O)c2cc3sccc3n2C)cc1. The fourth-order valence-corrected chi connectivity index (χ4v) is 4.86. The lowest BCUT2D eigenvalue weighted by Crippen LogP contribution is -3.14. The van der Waals surface area contributed by atoms with E-state index in [1.807, 2.05) is 22.6 Å². The normalized spacial score (nSPS) is 15.1. The molecule has 4 rings (SSSR count). The summed E-state index contributed by atoms with van der Waals surface area (Å²) in [6.45, 7) is 8.44. The Morgan fingerprint density at radius 3 is 2.69 bits per heavy atom. The summed E-state index contributed by atoms with van der Waals surface area (Å²) in [5.41, 5.74) is 4.33. The number of carbonyl (C=O) groups excluding carboxylic acids is 1. The Bertz CT molecular complexity index is 954. The van der Waals surface area contributed by atoms with Gasteiger partial charge in [0.25, 0.3) is 5.91 Å². The third kappa shape index (κ3) is 4.71. The van der Waals surface area contributed by atoms with Crippen molar-refractivity contribution in [2.75, 3.05) is 39.4 Å². The largest absolute Gasteiger partial charge is 0.370 e. The van der Waals surface area contributed by atoms with E-state index >= 15 is 0 Å². The van der Waals surface area contributed by atoms with E-state index in [2.05, 4.69) is 42.6 Å². The van der Waals surface area contributed by atoms with Gasteiger partial charge in [-0.3, -0.25) is 4.79 Å². The van der Waals surface area contributed by atoms with E-state index in [-0.39, 0.29) is 5.91 Å². The van der Waals surface area contributed by atoms with Crippen molar-refractivity contribution < 1.29 is 14.4 Å². The molecule has 0 radical (unpaired) electrons. The predicted molar refractivity (Wildman–Crippen MR) is 118 cm³/mol. The fourth-order valence-electron chi connectivity index (χ4n) is 4.01. The van der Waals surface area contributed by atoms with E-state index in [1.165, 1.54) is 15.8 Å². The molecule has 1 N–H and O–H groups in total. The lowest BCUT2D eigenvalue weighted by Gasteiger charge is -2.26. The van der Waals surface area contributed by atoms with E-state index in [1.54, 1.807) is 16.2 Å². The minimum atomic E-state index is 0.119. The molecule has 0 aliphatic carbocycles. The van der Waals surface area contributed by atoms with Crippen LogP contribution >= 0.6 is 11.3 Å². The number of benzene rings is 1. The van der Waals surface area contributed by atoms with E-state index in [4.69, 9.17) is 4.74 Å². The van der Waals surface area contributed by atoms with Crippen molar-refractivity contribution in [2.24, 2.45) is 7.05 Å². The van der Waals surface area contributed by atoms with Crippen LogP contribution in [0.15, 0.2) is 41.8 Å². The van der Waals surface area contributed by atoms with E-state index in [0.717, 1.165) is 57.0 Å². The molecule has 1 aliphatic heterocycles. The van der Waals surface area contributed by atoms with Gasteiger partial charge < -0.3 is 19.1 Å². The third-order valence-electron chi connectivity index (χ3n) is 5.82. The van der Waals surface area contributed by atoms with Gasteiger partial charge in [0.05, 0.1) is 30.0 Å². The van der Waals surface area contributed by atoms with E-state index in [9.17, 15) is 4.79 Å². The van der Waals surface area contributed by atoms with Crippen molar-refractivity contribution in [3.05, 3.63) is 58.6 Å². The molecule has 1 aliphatic rings. The van der Waals surface area contributed by atoms with Crippen LogP contribution in [-0.4, -0.2) is 54.8 Å². The first-order valence-corrected chi connectivity index (χ1v) is 11.3. The first-order chi connectivity index (χ1) is 14.1. The van der Waals surface area contributed by atoms with Gasteiger partial charge >= 0.3 is 0 Å². The van der Waals surface area contributed by atoms with Crippen LogP contribution in [0.3, 0.4) is 0 Å². The molecule has 154 valence electrons. The minimum Gasteiger partial charge on any atom is -0.370 e. The Kier molecular flexibility index (Phi) is 6.33. The summed E-state index contributed by atoms with van der Waals surface area (Å²) in [4.78, 5) is 17.1. The van der Waals surface area contributed by atoms with Gasteiger partial charge in [-0.1, -0.05) is 29.8 Å². The first kappa shape index (κ1) is 20.1. The molecule has 1 amide bonds. The van der Waals surface area contributed by atoms with Crippen molar-refractivity contribution in [2.45, 2.75) is 19.9 Å². The molecule has 1 saturated heterocycles. The molecular formula is C23H30N3O2S+. The number of fused-ring (bicyclic) bond motifs is 1. The summed E-state index contributed by atoms with van der Waals surface area (Å²) in [5, 5.41) is 2.08. The molecule has 1 aromatic carbocycles. The number of aromatic nitrogens is 1. The highest BCUT2D eigenvalue weighted by molar-refractivity contribution is 7.17. The zero-order chi connectivity index (χ0) is 20.2. The molecular weight excluding hydrogens is 382 g/mol. The summed E-state index contributed by atoms with van der Waals surface area (Å²) in [6.07, 6.45) is 1.01. The van der Waals surface area contributed by atoms with Gasteiger partial charge in [0.15, 0.2) is 0 Å². The second-order valence-electron chi connectivity index (χ2n) is 7.94. The topological polar surface area (TPSA) is 38.9 Å². The van der Waals surface area contributed by atoms with Crippen molar-refractivity contribution in [1.82, 2.24) is 9.47 Å². The fraction of sp³-hybridized carbons (Fsp3) is 0.435. The summed E-state index contributed by atoms with van der Waals surface area (Å²) >= 11 is 1.69. The van der Waals surface area contributed by atoms with Crippen molar-refractivity contribution >= 4 is 27.5 Å². The van der Waals surface area contributed by atoms with Crippen LogP contribution in [0, 0.1) is 6.92 Å². The van der Waals surface area contributed by atoms with E-state index < -0.39 is 0 Å². The second-order valence-corrected chi connectivity index (χ2v) is 8.88. The molecule has 29 heavy (non-hydrogen) atoms. The molecule has 3 heterocycles. The molecule has 1 fully saturated rings. The van der Waals surface area contributed by atoms with E-state index in [0.29, 0.717) is 6.54 Å². The summed E-state index contributed by atoms with van der Waals surface area (Å²) in [6, 6.07) is 12.6. The number of rotatable bonds is 7. The van der Waals surface area contributed by atoms with Crippen LogP contribution in [-0.2, 0) is 18.3 Å². The van der Waals surface area contributed by atoms with Gasteiger partial charge in [-0.05, 0) is 30.0 Å². The number of hydrogen-bond donors (Lipinski definition) is 1. The lowest BCUT2D eigenvalue weighted by atomic mass is 10.1. The van der Waals surface area contributed by atoms with Crippen molar-refractivity contribution in [3.8, 4) is 0 Å². The van der Waals surface area contributed by atoms with Crippen LogP contribution in [0.2, 0.25) is 0 Å². The number of nitrogens with zero attached hydrogens (tertiary/aromatic N) is 2. The maximum absolute atomic E-state index is 13.5. The summed E-state index contributed by atoms with van der Waals surface area (Å²) in [5.74, 6) is 0.119. The molecule has 0 unspecified atom stereocenters. The van der Waals surface area contributed by atoms with Crippen molar-refractivity contribution in [1.29, 1.82) is 0 Å². The molecule has 0 atom stereocenters. The number of amides is 1. The molecule has 5 nitrogen and oxygen atoms in total. The van der Waals surface area contributed by atoms with Gasteiger partial charge in [0.1, 0.15) is 18.8 Å². The Labute approximate surface area is 176 Å². The monoisotopic (exact) mass is 412 g/mol. The Hall–Kier alpha value is -2.15. The molecule has 0 bridgehead atoms. The van der Waals surface area contributed by atoms with Gasteiger partial charge in [-0.2, -0.15) is 0 Å². The van der Waals surface area contributed by atoms with Gasteiger partial charge in [0.2, 0.25) is 0 Å². The maximum atomic E-state index is 13.5. The Balaban J connectivity index is 1.49. The Morgan fingerprint density at radius 1 is 1.21 bits per heavy atom. The predicted octanol–water partition coefficient (Wildman–Crippen LogP) is 2.50. The van der Waals surface area contributed by atoms with Gasteiger partial charge in [-0.15, -0.1) is 11.3 Å². The number of thiophene rings is 1. The number of aryl methyl sites for hydroxylation is 2. The maximum Gasteiger partial charge on any atom is 0.270 e. The van der Waals surface area contributed by atoms with Crippen LogP contribution in [0.1, 0.15) is 28.0 Å². The number of carbonyl (C=O) groups is 1. The number of morpholine rings is 1. The third-order valence-corrected chi connectivity index (χ3v) is 6.68. The molecule has 0 spiro atoms. The van der Waals surface area contributed by atoms with Crippen LogP contribution < -0.4 is 4.90 Å². The quantitative estimate of drug-likeness (QED) is 0.648. The number of hydrogen-bond acceptors (Lipinski definition) is 3. The molecule has 2 aromatic heterocycles. The van der Waals surface area contributed by atoms with Crippen LogP contribution in [0.5, 0.6) is 0 Å². The highest BCUT2D eigenvalue weighted by Crippen LogP contribution is 2.25. The van der Waals surface area contributed by atoms with Crippen molar-refractivity contribution in [3.63, 3.8) is 0 Å². The zero-order valence-corrected chi connectivity index (χ0v) is 18.1. The summed E-state index contributed by atoms with van der Waals surface area (Å²) in [7, 11) is 1.99. The van der Waals surface area contributed by atoms with Crippen LogP contribution in [0.4, 0.5) is 0 Å². The Morgan fingerprint density at radius 2 is 1.97 bits per heavy atom. The lowest BCUT2D eigenvalue weighted by molar-refractivity contribution is -0.908. The molecule has 3 aromatic rings. The minimum absolute atomic E-state index is 0.119. The number of nitrogens with one attached hydrogen (secondary N) is 1. The standard InChI is InChI=1S/C23H29N3O2S/c1-18-4-6-19(7-5-18)17-26(10-3-9-25-11-13-28-14-12-25)23(27)21-16-22-20(24(21)2)8-15-29-22/h4-8,15-16H,3,9-14,17H2,1-2H3/p+1. The second kappa shape index (κ2) is 9.11. The highest BCUT2D eigenvalue weighted by Gasteiger charge is 2.22. The van der Waals surface area contributed by atoms with Gasteiger partial charge in [0, 0.05) is 26.6 Å².